The zero-order valence-corrected chi connectivity index (χ0v) is 13.4. The fourth-order valence-electron chi connectivity index (χ4n) is 3.57. The monoisotopic (exact) mass is 316 g/mol. The number of rotatable bonds is 4. The second-order valence-electron chi connectivity index (χ2n) is 6.47. The van der Waals surface area contributed by atoms with Crippen molar-refractivity contribution < 1.29 is 9.59 Å². The van der Waals surface area contributed by atoms with Gasteiger partial charge in [-0.2, -0.15) is 5.10 Å². The predicted molar refractivity (Wildman–Crippen MR) is 87.9 cm³/mol. The van der Waals surface area contributed by atoms with Crippen LogP contribution in [0.15, 0.2) is 24.9 Å². The van der Waals surface area contributed by atoms with E-state index in [9.17, 15) is 9.59 Å². The summed E-state index contributed by atoms with van der Waals surface area (Å²) in [6.45, 7) is 5.34. The first-order valence-electron chi connectivity index (χ1n) is 8.42. The van der Waals surface area contributed by atoms with Crippen LogP contribution in [0.2, 0.25) is 0 Å². The molecule has 0 saturated heterocycles. The maximum atomic E-state index is 12.9. The standard InChI is InChI=1S/C17H24N4O2/c1-2-15(22)18-10-13-11-20(16-8-9-19-21(16)12-13)17(23)14-6-4-3-5-7-14/h2,8-9,13-14H,1,3-7,10-12H2,(H,18,22)/t13-/m1/s1. The van der Waals surface area contributed by atoms with Crippen molar-refractivity contribution in [3.05, 3.63) is 24.9 Å². The van der Waals surface area contributed by atoms with Crippen LogP contribution in [0, 0.1) is 11.8 Å². The van der Waals surface area contributed by atoms with Gasteiger partial charge in [0, 0.05) is 37.5 Å². The van der Waals surface area contributed by atoms with Gasteiger partial charge in [-0.05, 0) is 18.9 Å². The van der Waals surface area contributed by atoms with Crippen LogP contribution in [0.3, 0.4) is 0 Å². The van der Waals surface area contributed by atoms with Gasteiger partial charge in [-0.3, -0.25) is 14.5 Å². The van der Waals surface area contributed by atoms with E-state index in [1.54, 1.807) is 6.20 Å². The highest BCUT2D eigenvalue weighted by atomic mass is 16.2. The minimum absolute atomic E-state index is 0.133. The van der Waals surface area contributed by atoms with Gasteiger partial charge in [-0.15, -0.1) is 0 Å². The van der Waals surface area contributed by atoms with Gasteiger partial charge in [0.2, 0.25) is 11.8 Å². The average molecular weight is 316 g/mol. The van der Waals surface area contributed by atoms with Crippen LogP contribution in [0.1, 0.15) is 32.1 Å². The molecule has 3 rings (SSSR count). The lowest BCUT2D eigenvalue weighted by Gasteiger charge is -2.36. The Bertz CT molecular complexity index is 589. The van der Waals surface area contributed by atoms with Gasteiger partial charge in [0.25, 0.3) is 0 Å². The Morgan fingerprint density at radius 2 is 2.09 bits per heavy atom. The van der Waals surface area contributed by atoms with Crippen molar-refractivity contribution in [1.82, 2.24) is 15.1 Å². The number of carbonyl (C=O) groups is 2. The van der Waals surface area contributed by atoms with Gasteiger partial charge in [-0.25, -0.2) is 4.68 Å². The van der Waals surface area contributed by atoms with E-state index in [1.807, 2.05) is 15.6 Å². The second-order valence-corrected chi connectivity index (χ2v) is 6.47. The molecule has 6 nitrogen and oxygen atoms in total. The Kier molecular flexibility index (Phi) is 4.79. The number of aromatic nitrogens is 2. The zero-order chi connectivity index (χ0) is 16.2. The van der Waals surface area contributed by atoms with Crippen molar-refractivity contribution in [2.45, 2.75) is 38.6 Å². The van der Waals surface area contributed by atoms with Gasteiger partial charge in [0.05, 0.1) is 6.20 Å². The summed E-state index contributed by atoms with van der Waals surface area (Å²) < 4.78 is 1.87. The molecule has 2 heterocycles. The molecule has 23 heavy (non-hydrogen) atoms. The van der Waals surface area contributed by atoms with Crippen LogP contribution in [-0.4, -0.2) is 34.7 Å². The van der Waals surface area contributed by atoms with Gasteiger partial charge >= 0.3 is 0 Å². The average Bonchev–Trinajstić information content (AvgIpc) is 3.07. The molecule has 1 saturated carbocycles. The molecule has 0 spiro atoms. The Hall–Kier alpha value is -2.11. The molecule has 1 atom stereocenters. The zero-order valence-electron chi connectivity index (χ0n) is 13.4. The lowest BCUT2D eigenvalue weighted by molar-refractivity contribution is -0.123. The SMILES string of the molecule is C=CC(=O)NC[C@@H]1CN(C(=O)C2CCCCC2)c2ccnn2C1. The first-order chi connectivity index (χ1) is 11.2. The molecule has 6 heteroatoms. The van der Waals surface area contributed by atoms with Crippen LogP contribution in [0.5, 0.6) is 0 Å². The molecule has 1 N–H and O–H groups in total. The molecule has 1 fully saturated rings. The van der Waals surface area contributed by atoms with Gasteiger partial charge in [0.15, 0.2) is 0 Å². The predicted octanol–water partition coefficient (Wildman–Crippen LogP) is 1.73. The highest BCUT2D eigenvalue weighted by Crippen LogP contribution is 2.30. The van der Waals surface area contributed by atoms with Crippen molar-refractivity contribution in [2.24, 2.45) is 11.8 Å². The van der Waals surface area contributed by atoms with E-state index < -0.39 is 0 Å². The fraction of sp³-hybridized carbons (Fsp3) is 0.588. The first-order valence-corrected chi connectivity index (χ1v) is 8.42. The number of fused-ring (bicyclic) bond motifs is 1. The molecule has 1 aliphatic heterocycles. The van der Waals surface area contributed by atoms with Crippen LogP contribution < -0.4 is 10.2 Å². The molecular formula is C17H24N4O2. The van der Waals surface area contributed by atoms with Crippen molar-refractivity contribution in [3.63, 3.8) is 0 Å². The van der Waals surface area contributed by atoms with Crippen molar-refractivity contribution in [1.29, 1.82) is 0 Å². The van der Waals surface area contributed by atoms with Crippen molar-refractivity contribution >= 4 is 17.6 Å². The number of hydrogen-bond donors (Lipinski definition) is 1. The van der Waals surface area contributed by atoms with E-state index in [4.69, 9.17) is 0 Å². The first kappa shape index (κ1) is 15.8. The minimum Gasteiger partial charge on any atom is -0.352 e. The highest BCUT2D eigenvalue weighted by molar-refractivity contribution is 5.94. The minimum atomic E-state index is -0.179. The third-order valence-corrected chi connectivity index (χ3v) is 4.81. The quantitative estimate of drug-likeness (QED) is 0.860. The van der Waals surface area contributed by atoms with E-state index in [2.05, 4.69) is 17.0 Å². The second kappa shape index (κ2) is 6.98. The number of carbonyl (C=O) groups excluding carboxylic acids is 2. The molecule has 0 aromatic carbocycles. The van der Waals surface area contributed by atoms with Gasteiger partial charge in [0.1, 0.15) is 5.82 Å². The summed E-state index contributed by atoms with van der Waals surface area (Å²) in [5.41, 5.74) is 0. The van der Waals surface area contributed by atoms with Crippen LogP contribution in [0.25, 0.3) is 0 Å². The maximum absolute atomic E-state index is 12.9. The van der Waals surface area contributed by atoms with E-state index in [1.165, 1.54) is 12.5 Å². The molecule has 0 unspecified atom stereocenters. The molecule has 0 radical (unpaired) electrons. The van der Waals surface area contributed by atoms with Crippen molar-refractivity contribution in [3.8, 4) is 0 Å². The molecule has 2 amide bonds. The molecule has 1 aromatic rings. The van der Waals surface area contributed by atoms with Crippen LogP contribution >= 0.6 is 0 Å². The maximum Gasteiger partial charge on any atom is 0.243 e. The summed E-state index contributed by atoms with van der Waals surface area (Å²) in [6, 6.07) is 1.90. The number of anilines is 1. The van der Waals surface area contributed by atoms with E-state index in [-0.39, 0.29) is 23.7 Å². The van der Waals surface area contributed by atoms with E-state index in [0.29, 0.717) is 19.6 Å². The van der Waals surface area contributed by atoms with E-state index in [0.717, 1.165) is 31.5 Å². The summed E-state index contributed by atoms with van der Waals surface area (Å²) >= 11 is 0. The lowest BCUT2D eigenvalue weighted by atomic mass is 9.88. The molecular weight excluding hydrogens is 292 g/mol. The third-order valence-electron chi connectivity index (χ3n) is 4.81. The summed E-state index contributed by atoms with van der Waals surface area (Å²) in [5, 5.41) is 7.15. The number of hydrogen-bond acceptors (Lipinski definition) is 3. The van der Waals surface area contributed by atoms with Crippen molar-refractivity contribution in [2.75, 3.05) is 18.0 Å². The third kappa shape index (κ3) is 3.46. The topological polar surface area (TPSA) is 67.2 Å². The summed E-state index contributed by atoms with van der Waals surface area (Å²) in [5.74, 6) is 1.21. The molecule has 2 aliphatic rings. The molecule has 1 aromatic heterocycles. The van der Waals surface area contributed by atoms with Crippen LogP contribution in [-0.2, 0) is 16.1 Å². The summed E-state index contributed by atoms with van der Waals surface area (Å²) in [6.07, 6.45) is 8.50. The normalized spacial score (nSPS) is 21.6. The number of nitrogens with zero attached hydrogens (tertiary/aromatic N) is 3. The number of nitrogens with one attached hydrogen (secondary N) is 1. The highest BCUT2D eigenvalue weighted by Gasteiger charge is 2.33. The smallest absolute Gasteiger partial charge is 0.243 e. The van der Waals surface area contributed by atoms with Gasteiger partial charge in [-0.1, -0.05) is 25.8 Å². The number of amides is 2. The largest absolute Gasteiger partial charge is 0.352 e. The molecule has 0 bridgehead atoms. The van der Waals surface area contributed by atoms with Crippen LogP contribution in [0.4, 0.5) is 5.82 Å². The fourth-order valence-corrected chi connectivity index (χ4v) is 3.57. The lowest BCUT2D eigenvalue weighted by Crippen LogP contribution is -2.48. The Morgan fingerprint density at radius 3 is 2.83 bits per heavy atom. The van der Waals surface area contributed by atoms with E-state index >= 15 is 0 Å². The Labute approximate surface area is 136 Å². The Morgan fingerprint density at radius 1 is 1.30 bits per heavy atom. The molecule has 124 valence electrons. The molecule has 1 aliphatic carbocycles. The Balaban J connectivity index is 1.72. The summed E-state index contributed by atoms with van der Waals surface area (Å²) in [4.78, 5) is 26.2. The summed E-state index contributed by atoms with van der Waals surface area (Å²) in [7, 11) is 0. The van der Waals surface area contributed by atoms with Gasteiger partial charge < -0.3 is 5.32 Å².